The molecular weight excluding hydrogens is 325 g/mol. The van der Waals surface area contributed by atoms with Crippen molar-refractivity contribution in [1.29, 1.82) is 0 Å². The second-order valence-electron chi connectivity index (χ2n) is 5.09. The van der Waals surface area contributed by atoms with Crippen LogP contribution in [0.4, 0.5) is 0 Å². The van der Waals surface area contributed by atoms with Gasteiger partial charge in [0.2, 0.25) is 0 Å². The Balaban J connectivity index is 0.00000144. The van der Waals surface area contributed by atoms with Crippen LogP contribution in [0.15, 0.2) is 17.6 Å². The Morgan fingerprint density at radius 3 is 2.53 bits per heavy atom. The highest BCUT2D eigenvalue weighted by Crippen LogP contribution is 2.56. The van der Waals surface area contributed by atoms with Crippen molar-refractivity contribution < 1.29 is 0 Å². The lowest BCUT2D eigenvalue weighted by molar-refractivity contribution is 0.106. The molecule has 2 aliphatic rings. The topological polar surface area (TPSA) is 36.4 Å². The minimum absolute atomic E-state index is 0. The van der Waals surface area contributed by atoms with Gasteiger partial charge in [-0.3, -0.25) is 4.99 Å². The number of aliphatic imine (C=N–C) groups is 1. The summed E-state index contributed by atoms with van der Waals surface area (Å²) in [4.78, 5) is 4.21. The van der Waals surface area contributed by atoms with E-state index in [0.29, 0.717) is 5.41 Å². The van der Waals surface area contributed by atoms with Crippen molar-refractivity contribution in [3.63, 3.8) is 0 Å². The molecule has 2 N–H and O–H groups in total. The first-order valence-corrected chi connectivity index (χ1v) is 6.36. The van der Waals surface area contributed by atoms with Gasteiger partial charge in [0.1, 0.15) is 0 Å². The van der Waals surface area contributed by atoms with Gasteiger partial charge in [-0.25, -0.2) is 0 Å². The van der Waals surface area contributed by atoms with Gasteiger partial charge >= 0.3 is 0 Å². The van der Waals surface area contributed by atoms with Crippen molar-refractivity contribution in [1.82, 2.24) is 10.6 Å². The zero-order chi connectivity index (χ0) is 11.4. The zero-order valence-electron chi connectivity index (χ0n) is 10.7. The van der Waals surface area contributed by atoms with E-state index in [0.717, 1.165) is 25.0 Å². The van der Waals surface area contributed by atoms with E-state index in [4.69, 9.17) is 0 Å². The van der Waals surface area contributed by atoms with Crippen LogP contribution in [0.2, 0.25) is 0 Å². The summed E-state index contributed by atoms with van der Waals surface area (Å²) in [5.74, 6) is 1.90. The molecule has 0 aromatic heterocycles. The van der Waals surface area contributed by atoms with E-state index >= 15 is 0 Å². The summed E-state index contributed by atoms with van der Waals surface area (Å²) in [5, 5.41) is 6.68. The van der Waals surface area contributed by atoms with Crippen LogP contribution in [0.3, 0.4) is 0 Å². The molecule has 3 nitrogen and oxygen atoms in total. The van der Waals surface area contributed by atoms with Crippen molar-refractivity contribution in [3.05, 3.63) is 12.7 Å². The largest absolute Gasteiger partial charge is 0.356 e. The van der Waals surface area contributed by atoms with Crippen LogP contribution in [0, 0.1) is 11.3 Å². The highest BCUT2D eigenvalue weighted by atomic mass is 127. The molecule has 0 heterocycles. The summed E-state index contributed by atoms with van der Waals surface area (Å²) in [6.07, 6.45) is 8.97. The average molecular weight is 349 g/mol. The molecule has 0 aliphatic heterocycles. The van der Waals surface area contributed by atoms with Crippen molar-refractivity contribution in [2.24, 2.45) is 16.3 Å². The molecule has 2 saturated carbocycles. The van der Waals surface area contributed by atoms with Crippen molar-refractivity contribution >= 4 is 29.9 Å². The van der Waals surface area contributed by atoms with Crippen LogP contribution < -0.4 is 10.6 Å². The Morgan fingerprint density at radius 1 is 1.41 bits per heavy atom. The minimum atomic E-state index is 0. The van der Waals surface area contributed by atoms with Crippen LogP contribution in [0.25, 0.3) is 0 Å². The molecule has 4 heteroatoms. The lowest BCUT2D eigenvalue weighted by Gasteiger charge is -2.43. The van der Waals surface area contributed by atoms with E-state index < -0.39 is 0 Å². The summed E-state index contributed by atoms with van der Waals surface area (Å²) in [6, 6.07) is 0. The fourth-order valence-electron chi connectivity index (χ4n) is 2.71. The standard InChI is InChI=1S/C13H23N3.HI/c1-3-9-15-12(14-2)16-10-13(7-4-8-13)11-5-6-11;/h3,11H,1,4-10H2,2H3,(H2,14,15,16);1H. The predicted octanol–water partition coefficient (Wildman–Crippen LogP) is 2.54. The third kappa shape index (κ3) is 3.60. The second kappa shape index (κ2) is 6.61. The van der Waals surface area contributed by atoms with E-state index in [2.05, 4.69) is 22.2 Å². The molecule has 0 radical (unpaired) electrons. The van der Waals surface area contributed by atoms with E-state index in [1.54, 1.807) is 0 Å². The summed E-state index contributed by atoms with van der Waals surface area (Å²) < 4.78 is 0. The predicted molar refractivity (Wildman–Crippen MR) is 84.0 cm³/mol. The molecule has 0 atom stereocenters. The number of halogens is 1. The molecule has 0 aromatic carbocycles. The summed E-state index contributed by atoms with van der Waals surface area (Å²) in [7, 11) is 1.82. The fourth-order valence-corrected chi connectivity index (χ4v) is 2.71. The molecule has 0 bridgehead atoms. The van der Waals surface area contributed by atoms with Crippen molar-refractivity contribution in [3.8, 4) is 0 Å². The summed E-state index contributed by atoms with van der Waals surface area (Å²) in [5.41, 5.74) is 0.603. The summed E-state index contributed by atoms with van der Waals surface area (Å²) >= 11 is 0. The first-order valence-electron chi connectivity index (χ1n) is 6.36. The molecule has 2 aliphatic carbocycles. The monoisotopic (exact) mass is 349 g/mol. The number of guanidine groups is 1. The third-order valence-electron chi connectivity index (χ3n) is 4.04. The molecule has 0 aromatic rings. The Bertz CT molecular complexity index is 280. The number of hydrogen-bond donors (Lipinski definition) is 2. The van der Waals surface area contributed by atoms with Gasteiger partial charge < -0.3 is 10.6 Å². The molecule has 17 heavy (non-hydrogen) atoms. The number of nitrogens with zero attached hydrogens (tertiary/aromatic N) is 1. The Labute approximate surface area is 122 Å². The lowest BCUT2D eigenvalue weighted by atomic mass is 9.65. The van der Waals surface area contributed by atoms with Crippen LogP contribution in [0.1, 0.15) is 32.1 Å². The maximum atomic E-state index is 4.21. The molecule has 2 rings (SSSR count). The van der Waals surface area contributed by atoms with E-state index in [-0.39, 0.29) is 24.0 Å². The number of rotatable bonds is 5. The van der Waals surface area contributed by atoms with Crippen molar-refractivity contribution in [2.45, 2.75) is 32.1 Å². The van der Waals surface area contributed by atoms with E-state index in [9.17, 15) is 0 Å². The Kier molecular flexibility index (Phi) is 5.76. The molecule has 2 fully saturated rings. The van der Waals surface area contributed by atoms with Gasteiger partial charge in [-0.1, -0.05) is 12.5 Å². The normalized spacial score (nSPS) is 22.1. The van der Waals surface area contributed by atoms with Gasteiger partial charge in [0.25, 0.3) is 0 Å². The molecule has 0 spiro atoms. The maximum Gasteiger partial charge on any atom is 0.191 e. The van der Waals surface area contributed by atoms with Gasteiger partial charge in [-0.15, -0.1) is 30.6 Å². The second-order valence-corrected chi connectivity index (χ2v) is 5.09. The van der Waals surface area contributed by atoms with Crippen LogP contribution in [-0.4, -0.2) is 26.1 Å². The third-order valence-corrected chi connectivity index (χ3v) is 4.04. The first-order chi connectivity index (χ1) is 7.80. The van der Waals surface area contributed by atoms with E-state index in [1.165, 1.54) is 32.1 Å². The molecular formula is C13H24IN3. The molecule has 0 amide bonds. The Hall–Kier alpha value is -0.260. The molecule has 0 saturated heterocycles. The van der Waals surface area contributed by atoms with Gasteiger partial charge in [0, 0.05) is 20.1 Å². The zero-order valence-corrected chi connectivity index (χ0v) is 13.0. The Morgan fingerprint density at radius 2 is 2.12 bits per heavy atom. The summed E-state index contributed by atoms with van der Waals surface area (Å²) in [6.45, 7) is 5.56. The number of nitrogens with one attached hydrogen (secondary N) is 2. The SMILES string of the molecule is C=CCNC(=NC)NCC1(C2CC2)CCC1.I. The number of hydrogen-bond acceptors (Lipinski definition) is 1. The fraction of sp³-hybridized carbons (Fsp3) is 0.769. The molecule has 98 valence electrons. The molecule has 0 unspecified atom stereocenters. The van der Waals surface area contributed by atoms with Crippen LogP contribution in [-0.2, 0) is 0 Å². The smallest absolute Gasteiger partial charge is 0.191 e. The minimum Gasteiger partial charge on any atom is -0.356 e. The van der Waals surface area contributed by atoms with Gasteiger partial charge in [-0.05, 0) is 37.0 Å². The van der Waals surface area contributed by atoms with Crippen LogP contribution in [0.5, 0.6) is 0 Å². The highest BCUT2D eigenvalue weighted by molar-refractivity contribution is 14.0. The van der Waals surface area contributed by atoms with Crippen LogP contribution >= 0.6 is 24.0 Å². The first kappa shape index (κ1) is 14.8. The lowest BCUT2D eigenvalue weighted by Crippen LogP contribution is -2.47. The average Bonchev–Trinajstić information content (AvgIpc) is 3.05. The van der Waals surface area contributed by atoms with Crippen molar-refractivity contribution in [2.75, 3.05) is 20.1 Å². The maximum absolute atomic E-state index is 4.21. The van der Waals surface area contributed by atoms with Gasteiger partial charge in [-0.2, -0.15) is 0 Å². The van der Waals surface area contributed by atoms with Gasteiger partial charge in [0.05, 0.1) is 0 Å². The highest BCUT2D eigenvalue weighted by Gasteiger charge is 2.48. The quantitative estimate of drug-likeness (QED) is 0.346. The van der Waals surface area contributed by atoms with Gasteiger partial charge in [0.15, 0.2) is 5.96 Å². The van der Waals surface area contributed by atoms with E-state index in [1.807, 2.05) is 13.1 Å².